The maximum absolute atomic E-state index is 4.19. The molecule has 0 saturated heterocycles. The standard InChI is InChI=1S/C10H17N3S/c1-3-4-11-5-6-12-7-10-9(2)13-8-14-10/h3,8,11-12H,1,4-7H2,2H3. The highest BCUT2D eigenvalue weighted by atomic mass is 32.1. The first-order chi connectivity index (χ1) is 6.84. The van der Waals surface area contributed by atoms with Crippen LogP contribution < -0.4 is 10.6 Å². The van der Waals surface area contributed by atoms with Gasteiger partial charge in [0.15, 0.2) is 0 Å². The predicted molar refractivity (Wildman–Crippen MR) is 61.6 cm³/mol. The van der Waals surface area contributed by atoms with Crippen LogP contribution in [0.15, 0.2) is 18.2 Å². The van der Waals surface area contributed by atoms with E-state index in [-0.39, 0.29) is 0 Å². The molecule has 0 aliphatic heterocycles. The summed E-state index contributed by atoms with van der Waals surface area (Å²) >= 11 is 1.71. The van der Waals surface area contributed by atoms with Crippen molar-refractivity contribution in [3.8, 4) is 0 Å². The molecular formula is C10H17N3S. The molecular weight excluding hydrogens is 194 g/mol. The van der Waals surface area contributed by atoms with Crippen LogP contribution in [0.5, 0.6) is 0 Å². The molecule has 0 aliphatic carbocycles. The molecule has 4 heteroatoms. The van der Waals surface area contributed by atoms with Crippen molar-refractivity contribution in [1.29, 1.82) is 0 Å². The SMILES string of the molecule is C=CCNCCNCc1scnc1C. The molecule has 0 amide bonds. The highest BCUT2D eigenvalue weighted by molar-refractivity contribution is 7.09. The topological polar surface area (TPSA) is 37.0 Å². The Kier molecular flexibility index (Phi) is 5.44. The molecule has 0 aromatic carbocycles. The lowest BCUT2D eigenvalue weighted by atomic mass is 10.4. The molecule has 14 heavy (non-hydrogen) atoms. The van der Waals surface area contributed by atoms with Crippen molar-refractivity contribution < 1.29 is 0 Å². The second-order valence-electron chi connectivity index (χ2n) is 3.03. The summed E-state index contributed by atoms with van der Waals surface area (Å²) in [7, 11) is 0. The van der Waals surface area contributed by atoms with Crippen molar-refractivity contribution in [2.75, 3.05) is 19.6 Å². The quantitative estimate of drug-likeness (QED) is 0.527. The molecule has 0 radical (unpaired) electrons. The number of rotatable bonds is 7. The van der Waals surface area contributed by atoms with Crippen molar-refractivity contribution in [2.45, 2.75) is 13.5 Å². The number of hydrogen-bond acceptors (Lipinski definition) is 4. The molecule has 0 bridgehead atoms. The Balaban J connectivity index is 2.04. The molecule has 0 atom stereocenters. The van der Waals surface area contributed by atoms with Crippen molar-refractivity contribution in [3.05, 3.63) is 28.7 Å². The van der Waals surface area contributed by atoms with Gasteiger partial charge in [-0.2, -0.15) is 0 Å². The first-order valence-corrected chi connectivity index (χ1v) is 5.64. The van der Waals surface area contributed by atoms with Gasteiger partial charge in [-0.25, -0.2) is 4.98 Å². The zero-order valence-electron chi connectivity index (χ0n) is 8.55. The molecule has 1 aromatic heterocycles. The second-order valence-corrected chi connectivity index (χ2v) is 3.97. The van der Waals surface area contributed by atoms with Gasteiger partial charge < -0.3 is 10.6 Å². The average molecular weight is 211 g/mol. The van der Waals surface area contributed by atoms with Gasteiger partial charge in [-0.15, -0.1) is 17.9 Å². The maximum atomic E-state index is 4.19. The van der Waals surface area contributed by atoms with Gasteiger partial charge in [0.2, 0.25) is 0 Å². The van der Waals surface area contributed by atoms with Crippen LogP contribution in [0.25, 0.3) is 0 Å². The lowest BCUT2D eigenvalue weighted by molar-refractivity contribution is 0.637. The van der Waals surface area contributed by atoms with Gasteiger partial charge in [0.25, 0.3) is 0 Å². The monoisotopic (exact) mass is 211 g/mol. The van der Waals surface area contributed by atoms with E-state index in [9.17, 15) is 0 Å². The molecule has 0 saturated carbocycles. The molecule has 0 spiro atoms. The minimum absolute atomic E-state index is 0.876. The summed E-state index contributed by atoms with van der Waals surface area (Å²) in [4.78, 5) is 5.52. The highest BCUT2D eigenvalue weighted by Crippen LogP contribution is 2.10. The Morgan fingerprint density at radius 2 is 2.29 bits per heavy atom. The fourth-order valence-corrected chi connectivity index (χ4v) is 1.83. The maximum Gasteiger partial charge on any atom is 0.0798 e. The van der Waals surface area contributed by atoms with Crippen LogP contribution in [0.4, 0.5) is 0 Å². The van der Waals surface area contributed by atoms with Gasteiger partial charge in [-0.1, -0.05) is 6.08 Å². The molecule has 3 nitrogen and oxygen atoms in total. The van der Waals surface area contributed by atoms with Crippen LogP contribution in [-0.4, -0.2) is 24.6 Å². The van der Waals surface area contributed by atoms with Gasteiger partial charge in [0.1, 0.15) is 0 Å². The number of nitrogens with zero attached hydrogens (tertiary/aromatic N) is 1. The highest BCUT2D eigenvalue weighted by Gasteiger charge is 1.98. The third kappa shape index (κ3) is 4.00. The molecule has 0 unspecified atom stereocenters. The number of hydrogen-bond donors (Lipinski definition) is 2. The van der Waals surface area contributed by atoms with Gasteiger partial charge in [0.05, 0.1) is 11.2 Å². The van der Waals surface area contributed by atoms with Crippen molar-refractivity contribution in [3.63, 3.8) is 0 Å². The van der Waals surface area contributed by atoms with Crippen molar-refractivity contribution in [1.82, 2.24) is 15.6 Å². The zero-order valence-corrected chi connectivity index (χ0v) is 9.36. The van der Waals surface area contributed by atoms with Crippen LogP contribution in [0.1, 0.15) is 10.6 Å². The largest absolute Gasteiger partial charge is 0.312 e. The van der Waals surface area contributed by atoms with Crippen LogP contribution >= 0.6 is 11.3 Å². The van der Waals surface area contributed by atoms with E-state index in [1.165, 1.54) is 4.88 Å². The Morgan fingerprint density at radius 3 is 2.93 bits per heavy atom. The van der Waals surface area contributed by atoms with Gasteiger partial charge in [0, 0.05) is 31.1 Å². The summed E-state index contributed by atoms with van der Waals surface area (Å²) in [5.41, 5.74) is 3.03. The Hall–Kier alpha value is -0.710. The summed E-state index contributed by atoms with van der Waals surface area (Å²) in [6.45, 7) is 9.44. The molecule has 0 aliphatic rings. The molecule has 1 heterocycles. The number of aryl methyl sites for hydroxylation is 1. The van der Waals surface area contributed by atoms with E-state index < -0.39 is 0 Å². The fourth-order valence-electron chi connectivity index (χ4n) is 1.08. The second kappa shape index (κ2) is 6.70. The lowest BCUT2D eigenvalue weighted by Gasteiger charge is -2.03. The van der Waals surface area contributed by atoms with Gasteiger partial charge in [-0.3, -0.25) is 0 Å². The minimum atomic E-state index is 0.876. The van der Waals surface area contributed by atoms with E-state index >= 15 is 0 Å². The summed E-state index contributed by atoms with van der Waals surface area (Å²) in [5, 5.41) is 6.60. The normalized spacial score (nSPS) is 10.4. The summed E-state index contributed by atoms with van der Waals surface area (Å²) in [6, 6.07) is 0. The van der Waals surface area contributed by atoms with Crippen LogP contribution in [0.3, 0.4) is 0 Å². The van der Waals surface area contributed by atoms with Crippen molar-refractivity contribution in [2.24, 2.45) is 0 Å². The molecule has 2 N–H and O–H groups in total. The number of aromatic nitrogens is 1. The molecule has 1 rings (SSSR count). The minimum Gasteiger partial charge on any atom is -0.312 e. The van der Waals surface area contributed by atoms with Crippen LogP contribution in [0.2, 0.25) is 0 Å². The predicted octanol–water partition coefficient (Wildman–Crippen LogP) is 1.32. The van der Waals surface area contributed by atoms with E-state index in [2.05, 4.69) is 22.2 Å². The summed E-state index contributed by atoms with van der Waals surface area (Å²) in [5.74, 6) is 0. The Bertz CT molecular complexity index is 270. The van der Waals surface area contributed by atoms with Crippen LogP contribution in [0, 0.1) is 6.92 Å². The van der Waals surface area contributed by atoms with Gasteiger partial charge in [-0.05, 0) is 6.92 Å². The van der Waals surface area contributed by atoms with E-state index in [0.717, 1.165) is 31.9 Å². The van der Waals surface area contributed by atoms with Crippen LogP contribution in [-0.2, 0) is 6.54 Å². The lowest BCUT2D eigenvalue weighted by Crippen LogP contribution is -2.26. The van der Waals surface area contributed by atoms with E-state index in [1.54, 1.807) is 11.3 Å². The van der Waals surface area contributed by atoms with Gasteiger partial charge >= 0.3 is 0 Å². The Morgan fingerprint density at radius 1 is 1.50 bits per heavy atom. The first kappa shape index (κ1) is 11.4. The molecule has 1 aromatic rings. The molecule has 78 valence electrons. The first-order valence-electron chi connectivity index (χ1n) is 4.76. The van der Waals surface area contributed by atoms with E-state index in [0.29, 0.717) is 0 Å². The zero-order chi connectivity index (χ0) is 10.2. The molecule has 0 fully saturated rings. The van der Waals surface area contributed by atoms with E-state index in [4.69, 9.17) is 0 Å². The smallest absolute Gasteiger partial charge is 0.0798 e. The third-order valence-electron chi connectivity index (χ3n) is 1.90. The number of nitrogens with one attached hydrogen (secondary N) is 2. The number of thiazole rings is 1. The third-order valence-corrected chi connectivity index (χ3v) is 2.83. The summed E-state index contributed by atoms with van der Waals surface area (Å²) in [6.07, 6.45) is 1.87. The Labute approximate surface area is 89.3 Å². The average Bonchev–Trinajstić information content (AvgIpc) is 2.58. The fraction of sp³-hybridized carbons (Fsp3) is 0.500. The van der Waals surface area contributed by atoms with E-state index in [1.807, 2.05) is 18.5 Å². The summed E-state index contributed by atoms with van der Waals surface area (Å²) < 4.78 is 0. The van der Waals surface area contributed by atoms with Crippen molar-refractivity contribution >= 4 is 11.3 Å².